The summed E-state index contributed by atoms with van der Waals surface area (Å²) in [4.78, 5) is 22.8. The van der Waals surface area contributed by atoms with Crippen LogP contribution >= 0.6 is 0 Å². The number of hydrogen-bond acceptors (Lipinski definition) is 4. The molecule has 120 valence electrons. The van der Waals surface area contributed by atoms with Crippen molar-refractivity contribution < 1.29 is 19.1 Å². The summed E-state index contributed by atoms with van der Waals surface area (Å²) in [6.45, 7) is 6.55. The normalized spacial score (nSPS) is 32.9. The Balaban J connectivity index is 1.86. The molecule has 21 heavy (non-hydrogen) atoms. The molecule has 4 heteroatoms. The average Bonchev–Trinajstić information content (AvgIpc) is 2.46. The van der Waals surface area contributed by atoms with Gasteiger partial charge in [0.2, 0.25) is 0 Å². The third kappa shape index (κ3) is 4.21. The molecule has 2 fully saturated rings. The van der Waals surface area contributed by atoms with Gasteiger partial charge in [-0.1, -0.05) is 6.92 Å². The zero-order chi connectivity index (χ0) is 15.5. The number of fused-ring (bicyclic) bond motifs is 1. The van der Waals surface area contributed by atoms with Crippen molar-refractivity contribution in [3.05, 3.63) is 0 Å². The third-order valence-corrected chi connectivity index (χ3v) is 5.37. The van der Waals surface area contributed by atoms with Gasteiger partial charge < -0.3 is 9.47 Å². The van der Waals surface area contributed by atoms with Crippen molar-refractivity contribution in [2.24, 2.45) is 17.8 Å². The van der Waals surface area contributed by atoms with Crippen LogP contribution in [0.3, 0.4) is 0 Å². The van der Waals surface area contributed by atoms with Crippen LogP contribution in [0.4, 0.5) is 0 Å². The minimum atomic E-state index is -0.358. The number of carbonyl (C=O) groups is 2. The lowest BCUT2D eigenvalue weighted by Crippen LogP contribution is -2.38. The Morgan fingerprint density at radius 1 is 1.14 bits per heavy atom. The largest absolute Gasteiger partial charge is 0.465 e. The molecule has 0 aromatic carbocycles. The van der Waals surface area contributed by atoms with Gasteiger partial charge in [-0.2, -0.15) is 0 Å². The van der Waals surface area contributed by atoms with Gasteiger partial charge in [0.15, 0.2) is 0 Å². The summed E-state index contributed by atoms with van der Waals surface area (Å²) in [6.07, 6.45) is 6.78. The first kappa shape index (κ1) is 16.3. The molecule has 0 aliphatic heterocycles. The molecule has 0 N–H and O–H groups in total. The third-order valence-electron chi connectivity index (χ3n) is 5.37. The van der Waals surface area contributed by atoms with E-state index in [0.717, 1.165) is 44.9 Å². The Morgan fingerprint density at radius 2 is 1.81 bits per heavy atom. The Hall–Kier alpha value is -1.06. The predicted octanol–water partition coefficient (Wildman–Crippen LogP) is 3.48. The van der Waals surface area contributed by atoms with E-state index >= 15 is 0 Å². The van der Waals surface area contributed by atoms with Gasteiger partial charge in [0.25, 0.3) is 6.47 Å². The number of esters is 1. The van der Waals surface area contributed by atoms with Gasteiger partial charge in [-0.25, -0.2) is 0 Å². The van der Waals surface area contributed by atoms with Crippen LogP contribution in [0, 0.1) is 17.8 Å². The van der Waals surface area contributed by atoms with E-state index in [-0.39, 0.29) is 23.6 Å². The zero-order valence-corrected chi connectivity index (χ0v) is 13.5. The minimum absolute atomic E-state index is 0.0217. The highest BCUT2D eigenvalue weighted by molar-refractivity contribution is 5.73. The van der Waals surface area contributed by atoms with Gasteiger partial charge in [0.1, 0.15) is 11.7 Å². The Bertz CT molecular complexity index is 377. The van der Waals surface area contributed by atoms with Crippen LogP contribution in [0.15, 0.2) is 0 Å². The maximum atomic E-state index is 12.3. The van der Waals surface area contributed by atoms with Crippen molar-refractivity contribution in [3.63, 3.8) is 0 Å². The topological polar surface area (TPSA) is 52.6 Å². The summed E-state index contributed by atoms with van der Waals surface area (Å²) in [5.74, 6) is 1.23. The van der Waals surface area contributed by atoms with Crippen molar-refractivity contribution in [2.75, 3.05) is 0 Å². The van der Waals surface area contributed by atoms with Crippen LogP contribution in [-0.4, -0.2) is 24.1 Å². The smallest absolute Gasteiger partial charge is 0.309 e. The molecule has 4 unspecified atom stereocenters. The molecule has 4 atom stereocenters. The van der Waals surface area contributed by atoms with Gasteiger partial charge in [0.05, 0.1) is 5.92 Å². The SMILES string of the molecule is CCC(C)(C)OC(=O)C1CCC2CC(OC=O)CCC2C1. The summed E-state index contributed by atoms with van der Waals surface area (Å²) in [5.41, 5.74) is -0.358. The summed E-state index contributed by atoms with van der Waals surface area (Å²) in [6, 6.07) is 0. The molecule has 0 spiro atoms. The second kappa shape index (κ2) is 6.80. The Kier molecular flexibility index (Phi) is 5.28. The number of ether oxygens (including phenoxy) is 2. The van der Waals surface area contributed by atoms with Crippen LogP contribution in [0.2, 0.25) is 0 Å². The monoisotopic (exact) mass is 296 g/mol. The maximum absolute atomic E-state index is 12.3. The number of hydrogen-bond donors (Lipinski definition) is 0. The lowest BCUT2D eigenvalue weighted by atomic mass is 9.67. The van der Waals surface area contributed by atoms with Gasteiger partial charge >= 0.3 is 5.97 Å². The molecule has 0 saturated heterocycles. The molecule has 2 saturated carbocycles. The van der Waals surface area contributed by atoms with Crippen LogP contribution in [0.1, 0.15) is 65.7 Å². The van der Waals surface area contributed by atoms with Gasteiger partial charge in [0, 0.05) is 0 Å². The van der Waals surface area contributed by atoms with E-state index in [9.17, 15) is 9.59 Å². The molecule has 2 aliphatic carbocycles. The zero-order valence-electron chi connectivity index (χ0n) is 13.5. The fraction of sp³-hybridized carbons (Fsp3) is 0.882. The van der Waals surface area contributed by atoms with Crippen LogP contribution < -0.4 is 0 Å². The van der Waals surface area contributed by atoms with E-state index in [1.54, 1.807) is 0 Å². The first-order chi connectivity index (χ1) is 9.95. The van der Waals surface area contributed by atoms with Crippen LogP contribution in [0.5, 0.6) is 0 Å². The second-order valence-corrected chi connectivity index (χ2v) is 7.23. The van der Waals surface area contributed by atoms with E-state index in [0.29, 0.717) is 18.3 Å². The summed E-state index contributed by atoms with van der Waals surface area (Å²) < 4.78 is 10.8. The van der Waals surface area contributed by atoms with E-state index in [4.69, 9.17) is 9.47 Å². The molecular weight excluding hydrogens is 268 g/mol. The summed E-state index contributed by atoms with van der Waals surface area (Å²) >= 11 is 0. The molecule has 0 amide bonds. The summed E-state index contributed by atoms with van der Waals surface area (Å²) in [5, 5.41) is 0. The molecule has 2 aliphatic rings. The maximum Gasteiger partial charge on any atom is 0.309 e. The van der Waals surface area contributed by atoms with E-state index in [1.165, 1.54) is 0 Å². The lowest BCUT2D eigenvalue weighted by molar-refractivity contribution is -0.164. The molecule has 0 bridgehead atoms. The standard InChI is InChI=1S/C17H28O4/c1-4-17(2,3)21-16(19)14-6-5-13-10-15(20-11-18)8-7-12(13)9-14/h11-15H,4-10H2,1-3H3. The van der Waals surface area contributed by atoms with Gasteiger partial charge in [-0.05, 0) is 70.6 Å². The van der Waals surface area contributed by atoms with Crippen molar-refractivity contribution >= 4 is 12.4 Å². The Morgan fingerprint density at radius 3 is 2.48 bits per heavy atom. The highest BCUT2D eigenvalue weighted by Crippen LogP contribution is 2.44. The van der Waals surface area contributed by atoms with Crippen LogP contribution in [-0.2, 0) is 19.1 Å². The highest BCUT2D eigenvalue weighted by atomic mass is 16.6. The van der Waals surface area contributed by atoms with Crippen molar-refractivity contribution in [3.8, 4) is 0 Å². The minimum Gasteiger partial charge on any atom is -0.465 e. The van der Waals surface area contributed by atoms with E-state index < -0.39 is 0 Å². The Labute approximate surface area is 127 Å². The molecule has 0 heterocycles. The number of rotatable bonds is 5. The van der Waals surface area contributed by atoms with Crippen molar-refractivity contribution in [2.45, 2.75) is 77.4 Å². The predicted molar refractivity (Wildman–Crippen MR) is 79.6 cm³/mol. The fourth-order valence-electron chi connectivity index (χ4n) is 3.69. The van der Waals surface area contributed by atoms with E-state index in [2.05, 4.69) is 0 Å². The average molecular weight is 296 g/mol. The van der Waals surface area contributed by atoms with Crippen LogP contribution in [0.25, 0.3) is 0 Å². The molecule has 0 radical (unpaired) electrons. The quantitative estimate of drug-likeness (QED) is 0.576. The first-order valence-corrected chi connectivity index (χ1v) is 8.27. The lowest BCUT2D eigenvalue weighted by Gasteiger charge is -2.41. The number of carbonyl (C=O) groups excluding carboxylic acids is 2. The molecule has 2 rings (SSSR count). The van der Waals surface area contributed by atoms with Gasteiger partial charge in [-0.15, -0.1) is 0 Å². The van der Waals surface area contributed by atoms with E-state index in [1.807, 2.05) is 20.8 Å². The summed E-state index contributed by atoms with van der Waals surface area (Å²) in [7, 11) is 0. The van der Waals surface area contributed by atoms with Gasteiger partial charge in [-0.3, -0.25) is 9.59 Å². The highest BCUT2D eigenvalue weighted by Gasteiger charge is 2.39. The molecule has 0 aromatic rings. The van der Waals surface area contributed by atoms with Crippen molar-refractivity contribution in [1.82, 2.24) is 0 Å². The molecule has 4 nitrogen and oxygen atoms in total. The second-order valence-electron chi connectivity index (χ2n) is 7.23. The molecular formula is C17H28O4. The van der Waals surface area contributed by atoms with Crippen molar-refractivity contribution in [1.29, 1.82) is 0 Å². The first-order valence-electron chi connectivity index (χ1n) is 8.27. The fourth-order valence-corrected chi connectivity index (χ4v) is 3.69. The molecule has 0 aromatic heterocycles.